The maximum atomic E-state index is 11.5. The number of aryl methyl sites for hydroxylation is 3. The Kier molecular flexibility index (Phi) is 5.66. The first-order chi connectivity index (χ1) is 12.2. The van der Waals surface area contributed by atoms with Crippen LogP contribution in [-0.2, 0) is 30.6 Å². The molecule has 0 amide bonds. The van der Waals surface area contributed by atoms with E-state index in [0.717, 1.165) is 29.8 Å². The molecule has 1 aliphatic rings. The minimum absolute atomic E-state index is 0.479. The molecule has 1 atom stereocenters. The quantitative estimate of drug-likeness (QED) is 0.773. The summed E-state index contributed by atoms with van der Waals surface area (Å²) in [6.07, 6.45) is 4.54. The summed E-state index contributed by atoms with van der Waals surface area (Å²) in [5, 5.41) is 12.6. The molecule has 0 saturated carbocycles. The van der Waals surface area contributed by atoms with Crippen molar-refractivity contribution < 1.29 is 14.6 Å². The van der Waals surface area contributed by atoms with Gasteiger partial charge in [0, 0.05) is 12.2 Å². The van der Waals surface area contributed by atoms with Crippen molar-refractivity contribution >= 4 is 5.97 Å². The van der Waals surface area contributed by atoms with Crippen LogP contribution in [0.25, 0.3) is 0 Å². The van der Waals surface area contributed by atoms with Crippen LogP contribution in [0.3, 0.4) is 0 Å². The topological polar surface area (TPSA) is 71.5 Å². The lowest BCUT2D eigenvalue weighted by molar-refractivity contribution is -0.139. The Hall–Kier alpha value is -2.40. The number of fused-ring (bicyclic) bond motifs is 1. The number of ether oxygens (including phenoxy) is 1. The van der Waals surface area contributed by atoms with E-state index in [1.54, 1.807) is 7.11 Å². The third-order valence-corrected chi connectivity index (χ3v) is 4.69. The highest BCUT2D eigenvalue weighted by Crippen LogP contribution is 2.20. The number of hydrogen-bond donors (Lipinski definition) is 2. The smallest absolute Gasteiger partial charge is 0.320 e. The molecule has 1 aromatic carbocycles. The Bertz CT molecular complexity index is 728. The van der Waals surface area contributed by atoms with Gasteiger partial charge in [-0.3, -0.25) is 15.1 Å². The van der Waals surface area contributed by atoms with E-state index in [1.165, 1.54) is 17.7 Å². The summed E-state index contributed by atoms with van der Waals surface area (Å²) >= 11 is 0. The summed E-state index contributed by atoms with van der Waals surface area (Å²) in [5.74, 6) is -0.0194. The van der Waals surface area contributed by atoms with Crippen molar-refractivity contribution in [2.75, 3.05) is 7.11 Å². The van der Waals surface area contributed by atoms with Crippen molar-refractivity contribution in [3.05, 3.63) is 58.9 Å². The van der Waals surface area contributed by atoms with Crippen molar-refractivity contribution in [3.63, 3.8) is 0 Å². The number of benzene rings is 1. The van der Waals surface area contributed by atoms with Crippen molar-refractivity contribution in [2.24, 2.45) is 0 Å². The maximum Gasteiger partial charge on any atom is 0.320 e. The lowest BCUT2D eigenvalue weighted by Gasteiger charge is -2.15. The van der Waals surface area contributed by atoms with Crippen molar-refractivity contribution in [2.45, 2.75) is 44.7 Å². The van der Waals surface area contributed by atoms with Gasteiger partial charge in [0.05, 0.1) is 12.8 Å². The number of carboxylic acids is 1. The molecule has 1 aliphatic carbocycles. The molecule has 0 bridgehead atoms. The molecule has 5 heteroatoms. The summed E-state index contributed by atoms with van der Waals surface area (Å²) in [7, 11) is 1.63. The largest absolute Gasteiger partial charge is 0.497 e. The van der Waals surface area contributed by atoms with Crippen LogP contribution >= 0.6 is 0 Å². The zero-order valence-corrected chi connectivity index (χ0v) is 14.5. The minimum Gasteiger partial charge on any atom is -0.497 e. The van der Waals surface area contributed by atoms with Gasteiger partial charge in [0.2, 0.25) is 0 Å². The standard InChI is InChI=1S/C20H24N2O3/c1-25-17-10-5-14(6-11-17)7-12-19(20(23)24)21-13-16-9-8-15-3-2-4-18(15)22-16/h5-6,8-11,19,21H,2-4,7,12-13H2,1H3,(H,23,24). The molecule has 2 aromatic rings. The Labute approximate surface area is 148 Å². The lowest BCUT2D eigenvalue weighted by Crippen LogP contribution is -2.36. The number of aliphatic carboxylic acids is 1. The van der Waals surface area contributed by atoms with Crippen molar-refractivity contribution in [1.82, 2.24) is 10.3 Å². The molecular weight excluding hydrogens is 316 g/mol. The van der Waals surface area contributed by atoms with Crippen LogP contribution in [0.1, 0.15) is 35.4 Å². The summed E-state index contributed by atoms with van der Waals surface area (Å²) in [6, 6.07) is 11.3. The molecule has 5 nitrogen and oxygen atoms in total. The number of nitrogens with one attached hydrogen (secondary N) is 1. The summed E-state index contributed by atoms with van der Waals surface area (Å²) in [5.41, 5.74) is 4.52. The zero-order valence-electron chi connectivity index (χ0n) is 14.5. The van der Waals surface area contributed by atoms with E-state index < -0.39 is 12.0 Å². The molecule has 1 unspecified atom stereocenters. The summed E-state index contributed by atoms with van der Waals surface area (Å²) in [6.45, 7) is 0.479. The maximum absolute atomic E-state index is 11.5. The molecule has 0 spiro atoms. The molecule has 0 aliphatic heterocycles. The molecular formula is C20H24N2O3. The van der Waals surface area contributed by atoms with Gasteiger partial charge in [0.1, 0.15) is 11.8 Å². The van der Waals surface area contributed by atoms with Crippen LogP contribution in [-0.4, -0.2) is 29.2 Å². The fourth-order valence-corrected chi connectivity index (χ4v) is 3.21. The predicted octanol–water partition coefficient (Wildman–Crippen LogP) is 2.75. The van der Waals surface area contributed by atoms with E-state index >= 15 is 0 Å². The van der Waals surface area contributed by atoms with Crippen LogP contribution in [0.2, 0.25) is 0 Å². The van der Waals surface area contributed by atoms with Gasteiger partial charge in [0.25, 0.3) is 0 Å². The van der Waals surface area contributed by atoms with Crippen LogP contribution in [0.4, 0.5) is 0 Å². The second-order valence-corrected chi connectivity index (χ2v) is 6.42. The molecule has 25 heavy (non-hydrogen) atoms. The number of carboxylic acid groups (broad SMARTS) is 1. The Morgan fingerprint density at radius 1 is 1.24 bits per heavy atom. The Balaban J connectivity index is 1.54. The zero-order chi connectivity index (χ0) is 17.6. The molecule has 2 N–H and O–H groups in total. The highest BCUT2D eigenvalue weighted by Gasteiger charge is 2.18. The first-order valence-corrected chi connectivity index (χ1v) is 8.72. The molecule has 132 valence electrons. The van der Waals surface area contributed by atoms with Crippen LogP contribution in [0, 0.1) is 0 Å². The average Bonchev–Trinajstić information content (AvgIpc) is 3.09. The second kappa shape index (κ2) is 8.12. The monoisotopic (exact) mass is 340 g/mol. The molecule has 0 fully saturated rings. The molecule has 1 heterocycles. The first kappa shape index (κ1) is 17.4. The van der Waals surface area contributed by atoms with Crippen LogP contribution in [0.5, 0.6) is 5.75 Å². The van der Waals surface area contributed by atoms with E-state index in [0.29, 0.717) is 19.4 Å². The molecule has 0 radical (unpaired) electrons. The number of aromatic nitrogens is 1. The fraction of sp³-hybridized carbons (Fsp3) is 0.400. The highest BCUT2D eigenvalue weighted by atomic mass is 16.5. The number of hydrogen-bond acceptors (Lipinski definition) is 4. The summed E-state index contributed by atoms with van der Waals surface area (Å²) < 4.78 is 5.14. The minimum atomic E-state index is -0.824. The van der Waals surface area contributed by atoms with Gasteiger partial charge >= 0.3 is 5.97 Å². The molecule has 3 rings (SSSR count). The number of pyridine rings is 1. The van der Waals surface area contributed by atoms with Gasteiger partial charge in [-0.05, 0) is 61.4 Å². The van der Waals surface area contributed by atoms with Gasteiger partial charge in [0.15, 0.2) is 0 Å². The predicted molar refractivity (Wildman–Crippen MR) is 95.8 cm³/mol. The first-order valence-electron chi connectivity index (χ1n) is 8.72. The van der Waals surface area contributed by atoms with Crippen LogP contribution < -0.4 is 10.1 Å². The van der Waals surface area contributed by atoms with E-state index in [-0.39, 0.29) is 0 Å². The van der Waals surface area contributed by atoms with Gasteiger partial charge < -0.3 is 9.84 Å². The van der Waals surface area contributed by atoms with Crippen molar-refractivity contribution in [3.8, 4) is 5.75 Å². The third-order valence-electron chi connectivity index (χ3n) is 4.69. The van der Waals surface area contributed by atoms with Crippen molar-refractivity contribution in [1.29, 1.82) is 0 Å². The lowest BCUT2D eigenvalue weighted by atomic mass is 10.0. The molecule has 0 saturated heterocycles. The Morgan fingerprint density at radius 3 is 2.76 bits per heavy atom. The van der Waals surface area contributed by atoms with E-state index in [1.807, 2.05) is 30.3 Å². The number of nitrogens with zero attached hydrogens (tertiary/aromatic N) is 1. The number of methoxy groups -OCH3 is 1. The van der Waals surface area contributed by atoms with Gasteiger partial charge in [-0.2, -0.15) is 0 Å². The van der Waals surface area contributed by atoms with Gasteiger partial charge in [-0.1, -0.05) is 18.2 Å². The average molecular weight is 340 g/mol. The fourth-order valence-electron chi connectivity index (χ4n) is 3.21. The van der Waals surface area contributed by atoms with Crippen LogP contribution in [0.15, 0.2) is 36.4 Å². The third kappa shape index (κ3) is 4.57. The van der Waals surface area contributed by atoms with Gasteiger partial charge in [-0.15, -0.1) is 0 Å². The normalized spacial score (nSPS) is 14.1. The number of rotatable bonds is 8. The molecule has 1 aromatic heterocycles. The van der Waals surface area contributed by atoms with E-state index in [4.69, 9.17) is 4.74 Å². The summed E-state index contributed by atoms with van der Waals surface area (Å²) in [4.78, 5) is 16.2. The van der Waals surface area contributed by atoms with Gasteiger partial charge in [-0.25, -0.2) is 0 Å². The Morgan fingerprint density at radius 2 is 2.04 bits per heavy atom. The second-order valence-electron chi connectivity index (χ2n) is 6.42. The van der Waals surface area contributed by atoms with E-state index in [9.17, 15) is 9.90 Å². The van der Waals surface area contributed by atoms with E-state index in [2.05, 4.69) is 16.4 Å². The highest BCUT2D eigenvalue weighted by molar-refractivity contribution is 5.73. The SMILES string of the molecule is COc1ccc(CCC(NCc2ccc3c(n2)CCC3)C(=O)O)cc1. The number of carbonyl (C=O) groups is 1.